The molecule has 1 fully saturated rings. The predicted octanol–water partition coefficient (Wildman–Crippen LogP) is 2.29. The molecule has 2 atom stereocenters. The van der Waals surface area contributed by atoms with Crippen LogP contribution in [0.4, 0.5) is 0 Å². The van der Waals surface area contributed by atoms with Gasteiger partial charge in [0.25, 0.3) is 5.91 Å². The van der Waals surface area contributed by atoms with E-state index in [1.165, 1.54) is 24.2 Å². The summed E-state index contributed by atoms with van der Waals surface area (Å²) in [6.07, 6.45) is 4.56. The Morgan fingerprint density at radius 3 is 2.84 bits per heavy atom. The second-order valence-electron chi connectivity index (χ2n) is 5.05. The molecule has 0 aliphatic heterocycles. The molecule has 2 rings (SSSR count). The first kappa shape index (κ1) is 14.3. The number of thiophene rings is 1. The first-order valence-corrected chi connectivity index (χ1v) is 7.64. The van der Waals surface area contributed by atoms with Crippen LogP contribution in [0.25, 0.3) is 0 Å². The quantitative estimate of drug-likeness (QED) is 0.871. The number of carbonyl (C=O) groups excluding carboxylic acids is 1. The summed E-state index contributed by atoms with van der Waals surface area (Å²) in [5, 5.41) is 14.2. The zero-order valence-electron chi connectivity index (χ0n) is 11.2. The van der Waals surface area contributed by atoms with Crippen molar-refractivity contribution in [3.05, 3.63) is 16.3 Å². The highest BCUT2D eigenvalue weighted by molar-refractivity contribution is 7.12. The van der Waals surface area contributed by atoms with Crippen molar-refractivity contribution in [2.45, 2.75) is 25.7 Å². The van der Waals surface area contributed by atoms with Crippen LogP contribution in [0, 0.1) is 11.8 Å². The van der Waals surface area contributed by atoms with E-state index in [0.717, 1.165) is 18.6 Å². The van der Waals surface area contributed by atoms with E-state index < -0.39 is 0 Å². The van der Waals surface area contributed by atoms with Crippen LogP contribution in [0.15, 0.2) is 11.4 Å². The van der Waals surface area contributed by atoms with Gasteiger partial charge in [0.05, 0.1) is 12.0 Å². The number of hydrogen-bond donors (Lipinski definition) is 2. The fourth-order valence-corrected chi connectivity index (χ4v) is 3.42. The van der Waals surface area contributed by atoms with Crippen molar-refractivity contribution in [3.63, 3.8) is 0 Å². The van der Waals surface area contributed by atoms with Crippen molar-refractivity contribution in [2.24, 2.45) is 11.8 Å². The minimum atomic E-state index is -0.0458. The zero-order chi connectivity index (χ0) is 13.7. The van der Waals surface area contributed by atoms with Crippen LogP contribution in [0.5, 0.6) is 5.75 Å². The summed E-state index contributed by atoms with van der Waals surface area (Å²) in [5.74, 6) is 1.42. The lowest BCUT2D eigenvalue weighted by atomic mass is 9.79. The number of ether oxygens (including phenoxy) is 1. The van der Waals surface area contributed by atoms with Crippen LogP contribution in [-0.4, -0.2) is 31.3 Å². The van der Waals surface area contributed by atoms with E-state index in [9.17, 15) is 9.90 Å². The monoisotopic (exact) mass is 283 g/mol. The molecule has 1 heterocycles. The van der Waals surface area contributed by atoms with E-state index >= 15 is 0 Å². The number of aliphatic hydroxyl groups excluding tert-OH is 1. The van der Waals surface area contributed by atoms with Crippen molar-refractivity contribution >= 4 is 17.2 Å². The van der Waals surface area contributed by atoms with Crippen molar-refractivity contribution in [2.75, 3.05) is 20.3 Å². The Hall–Kier alpha value is -1.07. The third kappa shape index (κ3) is 3.70. The summed E-state index contributed by atoms with van der Waals surface area (Å²) in [6, 6.07) is 1.75. The van der Waals surface area contributed by atoms with Gasteiger partial charge in [0, 0.05) is 24.6 Å². The minimum Gasteiger partial charge on any atom is -0.496 e. The topological polar surface area (TPSA) is 58.6 Å². The molecule has 5 heteroatoms. The van der Waals surface area contributed by atoms with Gasteiger partial charge >= 0.3 is 0 Å². The molecule has 0 bridgehead atoms. The Morgan fingerprint density at radius 1 is 1.47 bits per heavy atom. The maximum Gasteiger partial charge on any atom is 0.261 e. The Balaban J connectivity index is 1.85. The van der Waals surface area contributed by atoms with E-state index in [1.54, 1.807) is 13.2 Å². The molecule has 1 aromatic rings. The third-order valence-electron chi connectivity index (χ3n) is 3.86. The number of rotatable bonds is 5. The van der Waals surface area contributed by atoms with Gasteiger partial charge in [-0.25, -0.2) is 0 Å². The van der Waals surface area contributed by atoms with Gasteiger partial charge in [-0.05, 0) is 24.7 Å². The average Bonchev–Trinajstić information content (AvgIpc) is 2.94. The maximum absolute atomic E-state index is 12.0. The normalized spacial score (nSPS) is 23.1. The molecule has 0 aromatic carbocycles. The van der Waals surface area contributed by atoms with E-state index in [4.69, 9.17) is 4.74 Å². The summed E-state index contributed by atoms with van der Waals surface area (Å²) in [5.41, 5.74) is 0. The van der Waals surface area contributed by atoms with Gasteiger partial charge < -0.3 is 15.2 Å². The van der Waals surface area contributed by atoms with E-state index in [2.05, 4.69) is 5.32 Å². The molecule has 19 heavy (non-hydrogen) atoms. The second kappa shape index (κ2) is 6.91. The van der Waals surface area contributed by atoms with Gasteiger partial charge in [-0.3, -0.25) is 4.79 Å². The van der Waals surface area contributed by atoms with Gasteiger partial charge in [-0.2, -0.15) is 0 Å². The Morgan fingerprint density at radius 2 is 2.21 bits per heavy atom. The fourth-order valence-electron chi connectivity index (χ4n) is 2.65. The van der Waals surface area contributed by atoms with Crippen molar-refractivity contribution in [1.29, 1.82) is 0 Å². The molecule has 1 aliphatic carbocycles. The standard InChI is InChI=1S/C14H21NO3S/c1-18-12-6-13(19-9-12)14(17)15-7-10-4-2-3-5-11(10)8-16/h6,9-11,16H,2-5,7-8H2,1H3,(H,15,17). The number of amides is 1. The summed E-state index contributed by atoms with van der Waals surface area (Å²) in [7, 11) is 1.59. The second-order valence-corrected chi connectivity index (χ2v) is 5.96. The summed E-state index contributed by atoms with van der Waals surface area (Å²) >= 11 is 1.39. The molecule has 2 unspecified atom stereocenters. The first-order chi connectivity index (χ1) is 9.24. The van der Waals surface area contributed by atoms with Gasteiger partial charge in [0.15, 0.2) is 0 Å². The van der Waals surface area contributed by atoms with E-state index in [1.807, 2.05) is 5.38 Å². The Bertz CT molecular complexity index is 419. The third-order valence-corrected chi connectivity index (χ3v) is 4.77. The number of nitrogens with one attached hydrogen (secondary N) is 1. The van der Waals surface area contributed by atoms with Gasteiger partial charge in [-0.15, -0.1) is 11.3 Å². The van der Waals surface area contributed by atoms with E-state index in [0.29, 0.717) is 23.3 Å². The molecule has 4 nitrogen and oxygen atoms in total. The highest BCUT2D eigenvalue weighted by Crippen LogP contribution is 2.29. The average molecular weight is 283 g/mol. The van der Waals surface area contributed by atoms with Crippen LogP contribution >= 0.6 is 11.3 Å². The highest BCUT2D eigenvalue weighted by atomic mass is 32.1. The molecule has 1 aromatic heterocycles. The maximum atomic E-state index is 12.0. The SMILES string of the molecule is COc1csc(C(=O)NCC2CCCCC2CO)c1. The molecule has 1 amide bonds. The van der Waals surface area contributed by atoms with Crippen LogP contribution in [0.2, 0.25) is 0 Å². The molecule has 106 valence electrons. The summed E-state index contributed by atoms with van der Waals surface area (Å²) < 4.78 is 5.07. The molecule has 0 saturated heterocycles. The molecule has 0 radical (unpaired) electrons. The van der Waals surface area contributed by atoms with Crippen LogP contribution in [-0.2, 0) is 0 Å². The van der Waals surface area contributed by atoms with Crippen LogP contribution in [0.1, 0.15) is 35.4 Å². The van der Waals surface area contributed by atoms with Crippen LogP contribution in [0.3, 0.4) is 0 Å². The molecular formula is C14H21NO3S. The molecule has 1 aliphatic rings. The fraction of sp³-hybridized carbons (Fsp3) is 0.643. The van der Waals surface area contributed by atoms with Gasteiger partial charge in [0.2, 0.25) is 0 Å². The van der Waals surface area contributed by atoms with Crippen molar-refractivity contribution in [1.82, 2.24) is 5.32 Å². The molecule has 0 spiro atoms. The Kier molecular flexibility index (Phi) is 5.22. The number of hydrogen-bond acceptors (Lipinski definition) is 4. The molecular weight excluding hydrogens is 262 g/mol. The van der Waals surface area contributed by atoms with Crippen molar-refractivity contribution in [3.8, 4) is 5.75 Å². The number of aliphatic hydroxyl groups is 1. The molecule has 2 N–H and O–H groups in total. The summed E-state index contributed by atoms with van der Waals surface area (Å²) in [4.78, 5) is 12.7. The highest BCUT2D eigenvalue weighted by Gasteiger charge is 2.25. The molecule has 1 saturated carbocycles. The number of methoxy groups -OCH3 is 1. The largest absolute Gasteiger partial charge is 0.496 e. The van der Waals surface area contributed by atoms with Crippen LogP contribution < -0.4 is 10.1 Å². The summed E-state index contributed by atoms with van der Waals surface area (Å²) in [6.45, 7) is 0.887. The minimum absolute atomic E-state index is 0.0458. The van der Waals surface area contributed by atoms with Gasteiger partial charge in [0.1, 0.15) is 5.75 Å². The van der Waals surface area contributed by atoms with Gasteiger partial charge in [-0.1, -0.05) is 12.8 Å². The lowest BCUT2D eigenvalue weighted by molar-refractivity contribution is 0.0913. The van der Waals surface area contributed by atoms with Crippen molar-refractivity contribution < 1.29 is 14.6 Å². The van der Waals surface area contributed by atoms with E-state index in [-0.39, 0.29) is 12.5 Å². The lowest BCUT2D eigenvalue weighted by Gasteiger charge is -2.30. The smallest absolute Gasteiger partial charge is 0.261 e. The Labute approximate surface area is 117 Å². The zero-order valence-corrected chi connectivity index (χ0v) is 12.0. The predicted molar refractivity (Wildman–Crippen MR) is 75.7 cm³/mol. The number of carbonyl (C=O) groups is 1. The first-order valence-electron chi connectivity index (χ1n) is 6.76. The lowest BCUT2D eigenvalue weighted by Crippen LogP contribution is -2.35.